The molecule has 1 heterocycles. The van der Waals surface area contributed by atoms with Crippen LogP contribution in [0.5, 0.6) is 0 Å². The molecule has 0 amide bonds. The number of hydrogen-bond donors (Lipinski definition) is 0. The second-order valence-corrected chi connectivity index (χ2v) is 5.00. The van der Waals surface area contributed by atoms with Crippen LogP contribution in [0, 0.1) is 19.3 Å². The molecule has 0 atom stereocenters. The molecule has 72 valence electrons. The van der Waals surface area contributed by atoms with Gasteiger partial charge in [0, 0.05) is 11.4 Å². The zero-order chi connectivity index (χ0) is 10.1. The van der Waals surface area contributed by atoms with Crippen LogP contribution in [-0.2, 0) is 6.42 Å². The van der Waals surface area contributed by atoms with Crippen molar-refractivity contribution in [3.63, 3.8) is 0 Å². The minimum Gasteiger partial charge on any atom is -0.258 e. The summed E-state index contributed by atoms with van der Waals surface area (Å²) in [7, 11) is 0. The van der Waals surface area contributed by atoms with E-state index in [0.717, 1.165) is 17.8 Å². The largest absolute Gasteiger partial charge is 0.258 e. The van der Waals surface area contributed by atoms with E-state index in [1.807, 2.05) is 0 Å². The van der Waals surface area contributed by atoms with Crippen molar-refractivity contribution < 1.29 is 0 Å². The average molecular weight is 177 g/mol. The van der Waals surface area contributed by atoms with Gasteiger partial charge in [0.15, 0.2) is 0 Å². The molecule has 0 fully saturated rings. The minimum absolute atomic E-state index is 0.361. The lowest BCUT2D eigenvalue weighted by Gasteiger charge is -2.18. The highest BCUT2D eigenvalue weighted by atomic mass is 14.7. The van der Waals surface area contributed by atoms with Gasteiger partial charge in [-0.05, 0) is 43.4 Å². The molecule has 0 radical (unpaired) electrons. The molecule has 0 aliphatic heterocycles. The summed E-state index contributed by atoms with van der Waals surface area (Å²) in [5.41, 5.74) is 4.01. The van der Waals surface area contributed by atoms with Crippen molar-refractivity contribution in [3.05, 3.63) is 29.1 Å². The summed E-state index contributed by atoms with van der Waals surface area (Å²) in [6.45, 7) is 10.9. The fourth-order valence-corrected chi connectivity index (χ4v) is 1.64. The highest BCUT2D eigenvalue weighted by Gasteiger charge is 2.11. The van der Waals surface area contributed by atoms with Gasteiger partial charge in [0.05, 0.1) is 0 Å². The van der Waals surface area contributed by atoms with Gasteiger partial charge in [-0.15, -0.1) is 0 Å². The molecule has 1 rings (SSSR count). The van der Waals surface area contributed by atoms with Gasteiger partial charge in [-0.3, -0.25) is 4.98 Å². The second-order valence-electron chi connectivity index (χ2n) is 5.00. The number of aryl methyl sites for hydroxylation is 2. The van der Waals surface area contributed by atoms with Crippen LogP contribution in [0.3, 0.4) is 0 Å². The van der Waals surface area contributed by atoms with Crippen molar-refractivity contribution >= 4 is 0 Å². The van der Waals surface area contributed by atoms with Gasteiger partial charge in [-0.25, -0.2) is 0 Å². The van der Waals surface area contributed by atoms with Crippen LogP contribution < -0.4 is 0 Å². The number of hydrogen-bond acceptors (Lipinski definition) is 1. The maximum absolute atomic E-state index is 4.36. The summed E-state index contributed by atoms with van der Waals surface area (Å²) < 4.78 is 0. The van der Waals surface area contributed by atoms with E-state index < -0.39 is 0 Å². The molecule has 0 saturated heterocycles. The lowest BCUT2D eigenvalue weighted by molar-refractivity contribution is 0.411. The fourth-order valence-electron chi connectivity index (χ4n) is 1.64. The summed E-state index contributed by atoms with van der Waals surface area (Å²) in [6.07, 6.45) is 1.12. The minimum atomic E-state index is 0.361. The lowest BCUT2D eigenvalue weighted by atomic mass is 9.88. The first kappa shape index (κ1) is 10.2. The van der Waals surface area contributed by atoms with E-state index >= 15 is 0 Å². The molecular weight excluding hydrogens is 158 g/mol. The molecule has 13 heavy (non-hydrogen) atoms. The third-order valence-electron chi connectivity index (χ3n) is 1.88. The molecule has 0 saturated carbocycles. The zero-order valence-corrected chi connectivity index (χ0v) is 9.31. The maximum Gasteiger partial charge on any atom is 0.0378 e. The molecule has 1 nitrogen and oxygen atoms in total. The molecule has 0 aliphatic rings. The Bertz CT molecular complexity index is 274. The van der Waals surface area contributed by atoms with Gasteiger partial charge in [-0.2, -0.15) is 0 Å². The van der Waals surface area contributed by atoms with Crippen molar-refractivity contribution in [2.24, 2.45) is 5.41 Å². The molecule has 0 unspecified atom stereocenters. The SMILES string of the molecule is Cc1cc(CC(C)(C)C)cc(C)n1. The summed E-state index contributed by atoms with van der Waals surface area (Å²) in [5, 5.41) is 0. The van der Waals surface area contributed by atoms with Crippen molar-refractivity contribution in [2.75, 3.05) is 0 Å². The van der Waals surface area contributed by atoms with E-state index in [9.17, 15) is 0 Å². The average Bonchev–Trinajstić information content (AvgIpc) is 1.78. The highest BCUT2D eigenvalue weighted by Crippen LogP contribution is 2.21. The van der Waals surface area contributed by atoms with Crippen molar-refractivity contribution in [2.45, 2.75) is 41.0 Å². The Morgan fingerprint density at radius 3 is 1.92 bits per heavy atom. The van der Waals surface area contributed by atoms with Crippen molar-refractivity contribution in [3.8, 4) is 0 Å². The molecule has 0 aromatic carbocycles. The first-order valence-electron chi connectivity index (χ1n) is 4.81. The quantitative estimate of drug-likeness (QED) is 0.641. The van der Waals surface area contributed by atoms with Crippen LogP contribution in [0.2, 0.25) is 0 Å². The van der Waals surface area contributed by atoms with Gasteiger partial charge in [0.25, 0.3) is 0 Å². The Morgan fingerprint density at radius 1 is 1.08 bits per heavy atom. The molecule has 0 aliphatic carbocycles. The van der Waals surface area contributed by atoms with E-state index in [2.05, 4.69) is 51.7 Å². The van der Waals surface area contributed by atoms with Gasteiger partial charge < -0.3 is 0 Å². The third kappa shape index (κ3) is 3.58. The van der Waals surface area contributed by atoms with E-state index in [-0.39, 0.29) is 0 Å². The Balaban J connectivity index is 2.90. The summed E-state index contributed by atoms with van der Waals surface area (Å²) in [4.78, 5) is 4.36. The van der Waals surface area contributed by atoms with Gasteiger partial charge >= 0.3 is 0 Å². The molecule has 1 aromatic heterocycles. The normalized spacial score (nSPS) is 11.8. The maximum atomic E-state index is 4.36. The van der Waals surface area contributed by atoms with Crippen LogP contribution in [0.1, 0.15) is 37.7 Å². The molecular formula is C12H19N. The Morgan fingerprint density at radius 2 is 1.54 bits per heavy atom. The number of rotatable bonds is 1. The third-order valence-corrected chi connectivity index (χ3v) is 1.88. The topological polar surface area (TPSA) is 12.9 Å². The molecule has 1 aromatic rings. The first-order valence-corrected chi connectivity index (χ1v) is 4.81. The van der Waals surface area contributed by atoms with Crippen LogP contribution >= 0.6 is 0 Å². The van der Waals surface area contributed by atoms with Gasteiger partial charge in [0.1, 0.15) is 0 Å². The summed E-state index contributed by atoms with van der Waals surface area (Å²) in [5.74, 6) is 0. The molecule has 0 N–H and O–H groups in total. The molecule has 0 spiro atoms. The highest BCUT2D eigenvalue weighted by molar-refractivity contribution is 5.21. The second kappa shape index (κ2) is 3.49. The summed E-state index contributed by atoms with van der Waals surface area (Å²) >= 11 is 0. The Labute approximate surface area is 81.2 Å². The number of aromatic nitrogens is 1. The lowest BCUT2D eigenvalue weighted by Crippen LogP contribution is -2.09. The fraction of sp³-hybridized carbons (Fsp3) is 0.583. The van der Waals surface area contributed by atoms with E-state index in [4.69, 9.17) is 0 Å². The van der Waals surface area contributed by atoms with Crippen LogP contribution in [0.4, 0.5) is 0 Å². The predicted molar refractivity (Wildman–Crippen MR) is 56.9 cm³/mol. The van der Waals surface area contributed by atoms with Crippen molar-refractivity contribution in [1.29, 1.82) is 0 Å². The standard InChI is InChI=1S/C12H19N/c1-9-6-11(7-10(2)13-9)8-12(3,4)5/h6-7H,8H2,1-5H3. The monoisotopic (exact) mass is 177 g/mol. The predicted octanol–water partition coefficient (Wildman–Crippen LogP) is 3.29. The van der Waals surface area contributed by atoms with E-state index in [1.54, 1.807) is 0 Å². The first-order chi connectivity index (χ1) is 5.87. The van der Waals surface area contributed by atoms with Crippen LogP contribution in [0.25, 0.3) is 0 Å². The Hall–Kier alpha value is -0.850. The summed E-state index contributed by atoms with van der Waals surface area (Å²) in [6, 6.07) is 4.36. The zero-order valence-electron chi connectivity index (χ0n) is 9.31. The Kier molecular flexibility index (Phi) is 2.74. The number of nitrogens with zero attached hydrogens (tertiary/aromatic N) is 1. The van der Waals surface area contributed by atoms with E-state index in [0.29, 0.717) is 5.41 Å². The number of pyridine rings is 1. The van der Waals surface area contributed by atoms with Crippen LogP contribution in [0.15, 0.2) is 12.1 Å². The van der Waals surface area contributed by atoms with Crippen LogP contribution in [-0.4, -0.2) is 4.98 Å². The smallest absolute Gasteiger partial charge is 0.0378 e. The molecule has 1 heteroatoms. The van der Waals surface area contributed by atoms with E-state index in [1.165, 1.54) is 5.56 Å². The molecule has 0 bridgehead atoms. The van der Waals surface area contributed by atoms with Crippen molar-refractivity contribution in [1.82, 2.24) is 4.98 Å². The van der Waals surface area contributed by atoms with Gasteiger partial charge in [-0.1, -0.05) is 20.8 Å². The van der Waals surface area contributed by atoms with Gasteiger partial charge in [0.2, 0.25) is 0 Å².